The van der Waals surface area contributed by atoms with Crippen molar-refractivity contribution in [2.75, 3.05) is 16.4 Å². The number of anilines is 2. The van der Waals surface area contributed by atoms with Crippen LogP contribution >= 0.6 is 11.8 Å². The fraction of sp³-hybridized carbons (Fsp3) is 0.160. The summed E-state index contributed by atoms with van der Waals surface area (Å²) in [5, 5.41) is 5.84. The molecule has 0 saturated heterocycles. The van der Waals surface area contributed by atoms with Crippen LogP contribution in [0.15, 0.2) is 78.0 Å². The number of nitrogens with one attached hydrogen (secondary N) is 2. The van der Waals surface area contributed by atoms with E-state index in [4.69, 9.17) is 0 Å². The predicted octanol–water partition coefficient (Wildman–Crippen LogP) is 5.79. The highest BCUT2D eigenvalue weighted by atomic mass is 32.2. The maximum Gasteiger partial charge on any atom is 0.416 e. The van der Waals surface area contributed by atoms with Gasteiger partial charge in [0.15, 0.2) is 5.16 Å². The number of rotatable bonds is 7. The normalized spacial score (nSPS) is 11.4. The van der Waals surface area contributed by atoms with Crippen molar-refractivity contribution < 1.29 is 22.8 Å². The van der Waals surface area contributed by atoms with Crippen LogP contribution < -0.4 is 10.6 Å². The van der Waals surface area contributed by atoms with Gasteiger partial charge in [0.1, 0.15) is 0 Å². The molecule has 4 aromatic rings. The minimum absolute atomic E-state index is 0.00535. The molecule has 1 aromatic heterocycles. The van der Waals surface area contributed by atoms with Crippen LogP contribution in [-0.2, 0) is 22.3 Å². The van der Waals surface area contributed by atoms with Crippen LogP contribution in [0.3, 0.4) is 0 Å². The first kappa shape index (κ1) is 24.3. The Kier molecular flexibility index (Phi) is 7.11. The molecule has 3 aromatic carbocycles. The summed E-state index contributed by atoms with van der Waals surface area (Å²) in [7, 11) is 0. The van der Waals surface area contributed by atoms with Crippen molar-refractivity contribution in [1.29, 1.82) is 0 Å². The van der Waals surface area contributed by atoms with E-state index < -0.39 is 11.7 Å². The van der Waals surface area contributed by atoms with Crippen molar-refractivity contribution in [2.45, 2.75) is 24.8 Å². The molecule has 2 N–H and O–H groups in total. The van der Waals surface area contributed by atoms with Gasteiger partial charge < -0.3 is 15.2 Å². The van der Waals surface area contributed by atoms with E-state index in [2.05, 4.69) is 15.6 Å². The van der Waals surface area contributed by atoms with Gasteiger partial charge in [-0.25, -0.2) is 4.98 Å². The lowest BCUT2D eigenvalue weighted by Crippen LogP contribution is -2.15. The Morgan fingerprint density at radius 3 is 2.34 bits per heavy atom. The smallest absolute Gasteiger partial charge is 0.326 e. The molecule has 6 nitrogen and oxygen atoms in total. The predicted molar refractivity (Wildman–Crippen MR) is 130 cm³/mol. The number of hydrogen-bond donors (Lipinski definition) is 2. The molecule has 2 amide bonds. The van der Waals surface area contributed by atoms with Crippen molar-refractivity contribution in [2.24, 2.45) is 0 Å². The Balaban J connectivity index is 1.56. The molecule has 0 spiro atoms. The Morgan fingerprint density at radius 2 is 1.66 bits per heavy atom. The van der Waals surface area contributed by atoms with Gasteiger partial charge in [0, 0.05) is 18.3 Å². The molecule has 0 fully saturated rings. The fourth-order valence-electron chi connectivity index (χ4n) is 3.52. The second-order valence-electron chi connectivity index (χ2n) is 7.77. The molecule has 180 valence electrons. The first-order valence-corrected chi connectivity index (χ1v) is 11.6. The van der Waals surface area contributed by atoms with Crippen molar-refractivity contribution >= 4 is 46.0 Å². The van der Waals surface area contributed by atoms with Crippen molar-refractivity contribution in [1.82, 2.24) is 9.55 Å². The van der Waals surface area contributed by atoms with Gasteiger partial charge in [0.2, 0.25) is 11.8 Å². The number of benzene rings is 3. The maximum absolute atomic E-state index is 13.2. The fourth-order valence-corrected chi connectivity index (χ4v) is 4.33. The third-order valence-corrected chi connectivity index (χ3v) is 6.00. The molecular weight excluding hydrogens is 477 g/mol. The van der Waals surface area contributed by atoms with Gasteiger partial charge in [-0.05, 0) is 42.0 Å². The van der Waals surface area contributed by atoms with Gasteiger partial charge in [0.05, 0.1) is 28.9 Å². The summed E-state index contributed by atoms with van der Waals surface area (Å²) in [6, 6.07) is 19.7. The Bertz CT molecular complexity index is 1370. The number of thioether (sulfide) groups is 1. The summed E-state index contributed by atoms with van der Waals surface area (Å²) < 4.78 is 41.4. The Labute approximate surface area is 203 Å². The van der Waals surface area contributed by atoms with Crippen LogP contribution in [-0.4, -0.2) is 27.1 Å². The summed E-state index contributed by atoms with van der Waals surface area (Å²) in [6.45, 7) is 1.78. The van der Waals surface area contributed by atoms with E-state index >= 15 is 0 Å². The number of alkyl halides is 3. The van der Waals surface area contributed by atoms with Gasteiger partial charge in [-0.3, -0.25) is 9.59 Å². The Morgan fingerprint density at radius 1 is 0.943 bits per heavy atom. The van der Waals surface area contributed by atoms with Gasteiger partial charge in [-0.2, -0.15) is 13.2 Å². The Hall–Kier alpha value is -3.79. The summed E-state index contributed by atoms with van der Waals surface area (Å²) in [6.07, 6.45) is -4.48. The molecule has 1 heterocycles. The highest BCUT2D eigenvalue weighted by Gasteiger charge is 2.31. The molecule has 0 aliphatic heterocycles. The molecule has 10 heteroatoms. The number of carbonyl (C=O) groups excluding carboxylic acids is 2. The van der Waals surface area contributed by atoms with E-state index in [9.17, 15) is 22.8 Å². The van der Waals surface area contributed by atoms with E-state index in [-0.39, 0.29) is 23.1 Å². The zero-order valence-corrected chi connectivity index (χ0v) is 19.4. The maximum atomic E-state index is 13.2. The third kappa shape index (κ3) is 6.21. The number of amides is 2. The second kappa shape index (κ2) is 10.2. The number of hydrogen-bond acceptors (Lipinski definition) is 4. The lowest BCUT2D eigenvalue weighted by atomic mass is 10.2. The second-order valence-corrected chi connectivity index (χ2v) is 8.71. The molecule has 0 saturated carbocycles. The lowest BCUT2D eigenvalue weighted by Gasteiger charge is -2.11. The van der Waals surface area contributed by atoms with Crippen molar-refractivity contribution in [3.05, 3.63) is 83.9 Å². The van der Waals surface area contributed by atoms with Gasteiger partial charge >= 0.3 is 6.18 Å². The lowest BCUT2D eigenvalue weighted by molar-refractivity contribution is -0.137. The quantitative estimate of drug-likeness (QED) is 0.316. The van der Waals surface area contributed by atoms with Crippen LogP contribution in [0, 0.1) is 0 Å². The number of carbonyl (C=O) groups is 2. The van der Waals surface area contributed by atoms with Crippen molar-refractivity contribution in [3.63, 3.8) is 0 Å². The average molecular weight is 499 g/mol. The first-order chi connectivity index (χ1) is 16.7. The summed E-state index contributed by atoms with van der Waals surface area (Å²) >= 11 is 1.14. The number of aromatic nitrogens is 2. The number of imidazole rings is 1. The van der Waals surface area contributed by atoms with Crippen LogP contribution in [0.25, 0.3) is 11.0 Å². The summed E-state index contributed by atoms with van der Waals surface area (Å²) in [5.74, 6) is -0.548. The van der Waals surface area contributed by atoms with Crippen LogP contribution in [0.1, 0.15) is 18.1 Å². The van der Waals surface area contributed by atoms with E-state index in [1.807, 2.05) is 30.3 Å². The molecular formula is C25H21F3N4O2S. The third-order valence-electron chi connectivity index (χ3n) is 5.02. The molecule has 0 bridgehead atoms. The summed E-state index contributed by atoms with van der Waals surface area (Å²) in [4.78, 5) is 28.2. The first-order valence-electron chi connectivity index (χ1n) is 10.6. The largest absolute Gasteiger partial charge is 0.416 e. The highest BCUT2D eigenvalue weighted by Crippen LogP contribution is 2.33. The van der Waals surface area contributed by atoms with Gasteiger partial charge in [-0.1, -0.05) is 48.2 Å². The molecule has 4 rings (SSSR count). The zero-order chi connectivity index (χ0) is 25.0. The number of fused-ring (bicyclic) bond motifs is 1. The topological polar surface area (TPSA) is 76.0 Å². The van der Waals surface area contributed by atoms with Crippen LogP contribution in [0.5, 0.6) is 0 Å². The number of halogens is 3. The number of nitrogens with zero attached hydrogens (tertiary/aromatic N) is 2. The molecule has 0 radical (unpaired) electrons. The van der Waals surface area contributed by atoms with E-state index in [0.29, 0.717) is 28.6 Å². The zero-order valence-electron chi connectivity index (χ0n) is 18.6. The van der Waals surface area contributed by atoms with Crippen molar-refractivity contribution in [3.8, 4) is 0 Å². The SMILES string of the molecule is CC(=O)Nc1cccc(NC(=O)CSc2nc3cc(C(F)(F)F)ccc3n2Cc2ccccc2)c1. The molecule has 0 aliphatic rings. The van der Waals surface area contributed by atoms with Gasteiger partial charge in [0.25, 0.3) is 0 Å². The minimum atomic E-state index is -4.48. The summed E-state index contributed by atoms with van der Waals surface area (Å²) in [5.41, 5.74) is 1.99. The van der Waals surface area contributed by atoms with E-state index in [1.165, 1.54) is 13.0 Å². The van der Waals surface area contributed by atoms with Crippen LogP contribution in [0.4, 0.5) is 24.5 Å². The van der Waals surface area contributed by atoms with E-state index in [1.54, 1.807) is 28.8 Å². The highest BCUT2D eigenvalue weighted by molar-refractivity contribution is 7.99. The molecule has 35 heavy (non-hydrogen) atoms. The standard InChI is InChI=1S/C25H21F3N4O2S/c1-16(33)29-19-8-5-9-20(13-19)30-23(34)15-35-24-31-21-12-18(25(26,27)28)10-11-22(21)32(24)14-17-6-3-2-4-7-17/h2-13H,14-15H2,1H3,(H,29,33)(H,30,34). The monoisotopic (exact) mass is 498 g/mol. The van der Waals surface area contributed by atoms with Crippen LogP contribution in [0.2, 0.25) is 0 Å². The minimum Gasteiger partial charge on any atom is -0.326 e. The van der Waals surface area contributed by atoms with E-state index in [0.717, 1.165) is 29.5 Å². The molecule has 0 unspecified atom stereocenters. The molecule has 0 atom stereocenters. The average Bonchev–Trinajstić information content (AvgIpc) is 3.14. The van der Waals surface area contributed by atoms with Gasteiger partial charge in [-0.15, -0.1) is 0 Å². The molecule has 0 aliphatic carbocycles.